The van der Waals surface area contributed by atoms with Gasteiger partial charge in [-0.25, -0.2) is 23.2 Å². The van der Waals surface area contributed by atoms with E-state index in [0.717, 1.165) is 55.7 Å². The van der Waals surface area contributed by atoms with Crippen LogP contribution in [0.4, 0.5) is 20.2 Å². The van der Waals surface area contributed by atoms with E-state index < -0.39 is 23.5 Å². The summed E-state index contributed by atoms with van der Waals surface area (Å²) < 4.78 is 51.4. The average Bonchev–Trinajstić information content (AvgIpc) is 3.88. The number of nitrogens with zero attached hydrogens (tertiary/aromatic N) is 8. The van der Waals surface area contributed by atoms with Crippen molar-refractivity contribution in [3.8, 4) is 11.4 Å². The van der Waals surface area contributed by atoms with Crippen molar-refractivity contribution in [3.05, 3.63) is 113 Å². The van der Waals surface area contributed by atoms with Gasteiger partial charge < -0.3 is 24.0 Å². The Balaban J connectivity index is 0.925. The van der Waals surface area contributed by atoms with E-state index in [9.17, 15) is 13.6 Å². The van der Waals surface area contributed by atoms with E-state index >= 15 is 0 Å². The number of rotatable bonds is 11. The Hall–Kier alpha value is -5.08. The number of aromatic nitrogens is 6. The lowest BCUT2D eigenvalue weighted by molar-refractivity contribution is -0.192. The topological polar surface area (TPSA) is 105 Å². The molecule has 3 aromatic carbocycles. The van der Waals surface area contributed by atoms with Crippen LogP contribution in [0.1, 0.15) is 31.9 Å². The van der Waals surface area contributed by atoms with E-state index in [1.165, 1.54) is 34.2 Å². The minimum Gasteiger partial charge on any atom is -0.491 e. The first-order valence-corrected chi connectivity index (χ1v) is 16.4. The summed E-state index contributed by atoms with van der Waals surface area (Å²) >= 11 is 0. The largest absolute Gasteiger partial charge is 0.491 e. The molecule has 0 bridgehead atoms. The van der Waals surface area contributed by atoms with Gasteiger partial charge in [-0.2, -0.15) is 14.9 Å². The highest BCUT2D eigenvalue weighted by Gasteiger charge is 2.46. The van der Waals surface area contributed by atoms with Crippen LogP contribution in [0.15, 0.2) is 90.5 Å². The molecule has 2 fully saturated rings. The molecule has 2 saturated heterocycles. The van der Waals surface area contributed by atoms with Crippen molar-refractivity contribution in [1.29, 1.82) is 0 Å². The number of hydrogen-bond acceptors (Lipinski definition) is 9. The van der Waals surface area contributed by atoms with Crippen LogP contribution >= 0.6 is 0 Å². The molecule has 12 nitrogen and oxygen atoms in total. The molecule has 2 aliphatic rings. The normalized spacial score (nSPS) is 20.1. The molecular formula is C35H38F2N8O4. The van der Waals surface area contributed by atoms with Crippen molar-refractivity contribution in [2.75, 3.05) is 49.2 Å². The number of ether oxygens (including phenoxy) is 3. The maximum atomic E-state index is 14.9. The SMILES string of the molecule is CCC(C)n1cnn(-c2ccc(N3CCN(c4ccc(OCC5COC(Cn6cncn6)(c6ccc(F)cc6F)O5)cc4)CC3)cc2)c1=O. The molecule has 3 atom stereocenters. The fourth-order valence-electron chi connectivity index (χ4n) is 6.24. The molecule has 49 heavy (non-hydrogen) atoms. The van der Waals surface area contributed by atoms with Crippen molar-refractivity contribution >= 4 is 11.4 Å². The van der Waals surface area contributed by atoms with Crippen LogP contribution in [0, 0.1) is 11.6 Å². The smallest absolute Gasteiger partial charge is 0.350 e. The van der Waals surface area contributed by atoms with Gasteiger partial charge in [0.1, 0.15) is 55.6 Å². The van der Waals surface area contributed by atoms with Crippen molar-refractivity contribution in [3.63, 3.8) is 0 Å². The van der Waals surface area contributed by atoms with Crippen molar-refractivity contribution in [2.24, 2.45) is 0 Å². The van der Waals surface area contributed by atoms with Crippen LogP contribution in [-0.4, -0.2) is 74.6 Å². The fourth-order valence-corrected chi connectivity index (χ4v) is 6.24. The lowest BCUT2D eigenvalue weighted by Crippen LogP contribution is -2.46. The van der Waals surface area contributed by atoms with E-state index in [0.29, 0.717) is 5.75 Å². The van der Waals surface area contributed by atoms with Gasteiger partial charge >= 0.3 is 5.69 Å². The maximum Gasteiger partial charge on any atom is 0.350 e. The number of piperazine rings is 1. The summed E-state index contributed by atoms with van der Waals surface area (Å²) in [5.41, 5.74) is 2.89. The molecule has 4 heterocycles. The van der Waals surface area contributed by atoms with Gasteiger partial charge in [0.25, 0.3) is 0 Å². The molecule has 14 heteroatoms. The molecule has 0 saturated carbocycles. The third-order valence-electron chi connectivity index (χ3n) is 9.17. The predicted molar refractivity (Wildman–Crippen MR) is 178 cm³/mol. The Morgan fingerprint density at radius 1 is 0.918 bits per heavy atom. The van der Waals surface area contributed by atoms with Gasteiger partial charge in [-0.05, 0) is 74.0 Å². The summed E-state index contributed by atoms with van der Waals surface area (Å²) in [6.45, 7) is 7.82. The lowest BCUT2D eigenvalue weighted by Gasteiger charge is -2.37. The Bertz CT molecular complexity index is 1910. The highest BCUT2D eigenvalue weighted by molar-refractivity contribution is 5.54. The van der Waals surface area contributed by atoms with Gasteiger partial charge in [0, 0.05) is 55.2 Å². The number of halogens is 2. The molecule has 2 aromatic heterocycles. The summed E-state index contributed by atoms with van der Waals surface area (Å²) in [6, 6.07) is 19.3. The minimum atomic E-state index is -1.51. The summed E-state index contributed by atoms with van der Waals surface area (Å²) in [4.78, 5) is 21.4. The molecule has 5 aromatic rings. The van der Waals surface area contributed by atoms with Crippen LogP contribution < -0.4 is 20.2 Å². The first-order chi connectivity index (χ1) is 23.8. The molecule has 0 spiro atoms. The maximum absolute atomic E-state index is 14.9. The first-order valence-electron chi connectivity index (χ1n) is 16.4. The molecule has 3 unspecified atom stereocenters. The minimum absolute atomic E-state index is 0.0331. The van der Waals surface area contributed by atoms with Crippen molar-refractivity contribution in [1.82, 2.24) is 29.1 Å². The lowest BCUT2D eigenvalue weighted by atomic mass is 10.0. The quantitative estimate of drug-likeness (QED) is 0.200. The van der Waals surface area contributed by atoms with Gasteiger partial charge in [0.2, 0.25) is 5.79 Å². The fraction of sp³-hybridized carbons (Fsp3) is 0.371. The molecule has 0 N–H and O–H groups in total. The van der Waals surface area contributed by atoms with E-state index in [-0.39, 0.29) is 37.1 Å². The molecule has 0 aliphatic carbocycles. The molecule has 0 amide bonds. The summed E-state index contributed by atoms with van der Waals surface area (Å²) in [5.74, 6) is -2.30. The van der Waals surface area contributed by atoms with Crippen molar-refractivity contribution in [2.45, 2.75) is 44.7 Å². The average molecular weight is 673 g/mol. The van der Waals surface area contributed by atoms with Crippen LogP contribution in [0.2, 0.25) is 0 Å². The Morgan fingerprint density at radius 3 is 2.22 bits per heavy atom. The second-order valence-electron chi connectivity index (χ2n) is 12.3. The zero-order valence-corrected chi connectivity index (χ0v) is 27.4. The zero-order chi connectivity index (χ0) is 34.0. The van der Waals surface area contributed by atoms with Crippen LogP contribution in [0.3, 0.4) is 0 Å². The standard InChI is InChI=1S/C35H38F2N8O4/c1-3-25(2)44-24-40-45(34(44)46)29-7-5-27(6-8-29)41-14-16-42(17-15-41)28-9-11-30(12-10-28)47-19-31-20-48-35(49-31,21-43-23-38-22-39-43)32-13-4-26(36)18-33(32)37/h4-13,18,22-25,31H,3,14-17,19-21H2,1-2H3. The summed E-state index contributed by atoms with van der Waals surface area (Å²) in [7, 11) is 0. The van der Waals surface area contributed by atoms with Crippen molar-refractivity contribution < 1.29 is 23.0 Å². The Morgan fingerprint density at radius 2 is 1.59 bits per heavy atom. The Kier molecular flexibility index (Phi) is 9.15. The second kappa shape index (κ2) is 13.8. The van der Waals surface area contributed by atoms with E-state index in [2.05, 4.69) is 25.0 Å². The third-order valence-corrected chi connectivity index (χ3v) is 9.17. The van der Waals surface area contributed by atoms with E-state index in [4.69, 9.17) is 14.2 Å². The highest BCUT2D eigenvalue weighted by Crippen LogP contribution is 2.38. The van der Waals surface area contributed by atoms with E-state index in [1.807, 2.05) is 62.4 Å². The molecule has 0 radical (unpaired) electrons. The number of benzene rings is 3. The molecule has 7 rings (SSSR count). The van der Waals surface area contributed by atoms with Crippen LogP contribution in [0.25, 0.3) is 5.69 Å². The molecular weight excluding hydrogens is 634 g/mol. The molecule has 256 valence electrons. The first kappa shape index (κ1) is 32.5. The zero-order valence-electron chi connectivity index (χ0n) is 27.4. The predicted octanol–water partition coefficient (Wildman–Crippen LogP) is 4.55. The van der Waals surface area contributed by atoms with Gasteiger partial charge in [-0.15, -0.1) is 0 Å². The van der Waals surface area contributed by atoms with Gasteiger partial charge in [0.15, 0.2) is 0 Å². The van der Waals surface area contributed by atoms with Gasteiger partial charge in [-0.1, -0.05) is 6.92 Å². The van der Waals surface area contributed by atoms with E-state index in [1.54, 1.807) is 10.9 Å². The monoisotopic (exact) mass is 672 g/mol. The van der Waals surface area contributed by atoms with Crippen LogP contribution in [-0.2, 0) is 21.8 Å². The van der Waals surface area contributed by atoms with Gasteiger partial charge in [0.05, 0.1) is 12.3 Å². The van der Waals surface area contributed by atoms with Crippen LogP contribution in [0.5, 0.6) is 5.75 Å². The third kappa shape index (κ3) is 6.78. The summed E-state index contributed by atoms with van der Waals surface area (Å²) in [6.07, 6.45) is 4.81. The second-order valence-corrected chi connectivity index (χ2v) is 12.3. The highest BCUT2D eigenvalue weighted by atomic mass is 19.1. The van der Waals surface area contributed by atoms with Gasteiger partial charge in [-0.3, -0.25) is 4.57 Å². The Labute approximate surface area is 282 Å². The molecule has 2 aliphatic heterocycles. The number of hydrogen-bond donors (Lipinski definition) is 0. The number of anilines is 2. The summed E-state index contributed by atoms with van der Waals surface area (Å²) in [5, 5.41) is 8.42.